The van der Waals surface area contributed by atoms with Gasteiger partial charge in [-0.2, -0.15) is 0 Å². The third-order valence-electron chi connectivity index (χ3n) is 2.36. The second-order valence-corrected chi connectivity index (χ2v) is 3.79. The average molecular weight is 253 g/mol. The predicted octanol–water partition coefficient (Wildman–Crippen LogP) is 4.01. The Morgan fingerprint density at radius 2 is 1.59 bits per heavy atom. The van der Waals surface area contributed by atoms with Crippen molar-refractivity contribution in [2.24, 2.45) is 0 Å². The first-order valence-corrected chi connectivity index (χ1v) is 5.21. The van der Waals surface area contributed by atoms with Gasteiger partial charge in [-0.3, -0.25) is 4.79 Å². The summed E-state index contributed by atoms with van der Waals surface area (Å²) in [6.45, 7) is 0. The minimum absolute atomic E-state index is 0.0456. The maximum Gasteiger partial charge on any atom is 0.252 e. The van der Waals surface area contributed by atoms with Crippen molar-refractivity contribution in [1.29, 1.82) is 0 Å². The van der Waals surface area contributed by atoms with E-state index in [0.717, 1.165) is 6.07 Å². The number of hydrogen-bond acceptors (Lipinski definition) is 1. The van der Waals surface area contributed by atoms with Gasteiger partial charge in [0, 0.05) is 16.7 Å². The van der Waals surface area contributed by atoms with E-state index in [1.807, 2.05) is 0 Å². The highest BCUT2D eigenvalue weighted by atomic mass is 35.5. The van der Waals surface area contributed by atoms with Crippen molar-refractivity contribution in [2.75, 3.05) is 0 Å². The van der Waals surface area contributed by atoms with Gasteiger partial charge in [0.2, 0.25) is 0 Å². The first kappa shape index (κ1) is 11.7. The van der Waals surface area contributed by atoms with Crippen LogP contribution in [0, 0.1) is 11.6 Å². The molecule has 2 aromatic rings. The molecule has 0 bridgehead atoms. The summed E-state index contributed by atoms with van der Waals surface area (Å²) in [5, 5.41) is -0.746. The predicted molar refractivity (Wildman–Crippen MR) is 62.0 cm³/mol. The smallest absolute Gasteiger partial charge is 0.252 e. The van der Waals surface area contributed by atoms with Crippen molar-refractivity contribution >= 4 is 16.8 Å². The van der Waals surface area contributed by atoms with Crippen LogP contribution in [-0.2, 0) is 0 Å². The summed E-state index contributed by atoms with van der Waals surface area (Å²) >= 11 is 5.23. The number of hydrogen-bond donors (Lipinski definition) is 0. The first-order chi connectivity index (χ1) is 8.09. The number of benzene rings is 2. The summed E-state index contributed by atoms with van der Waals surface area (Å²) < 4.78 is 27.2. The Hall–Kier alpha value is -1.74. The molecule has 0 heterocycles. The zero-order chi connectivity index (χ0) is 12.4. The highest BCUT2D eigenvalue weighted by Crippen LogP contribution is 2.26. The van der Waals surface area contributed by atoms with Gasteiger partial charge in [-0.25, -0.2) is 8.78 Å². The topological polar surface area (TPSA) is 17.1 Å². The van der Waals surface area contributed by atoms with Gasteiger partial charge < -0.3 is 0 Å². The number of carbonyl (C=O) groups is 1. The lowest BCUT2D eigenvalue weighted by Gasteiger charge is -2.05. The molecule has 0 unspecified atom stereocenters. The lowest BCUT2D eigenvalue weighted by Crippen LogP contribution is -1.93. The zero-order valence-corrected chi connectivity index (χ0v) is 9.34. The van der Waals surface area contributed by atoms with Gasteiger partial charge in [0.05, 0.1) is 0 Å². The maximum atomic E-state index is 13.7. The van der Waals surface area contributed by atoms with Crippen molar-refractivity contribution in [3.8, 4) is 11.1 Å². The largest absolute Gasteiger partial charge is 0.276 e. The highest BCUT2D eigenvalue weighted by Gasteiger charge is 2.11. The third-order valence-corrected chi connectivity index (χ3v) is 2.58. The van der Waals surface area contributed by atoms with E-state index in [0.29, 0.717) is 0 Å². The molecule has 0 aliphatic rings. The number of rotatable bonds is 2. The molecular weight excluding hydrogens is 246 g/mol. The van der Waals surface area contributed by atoms with Crippen molar-refractivity contribution in [1.82, 2.24) is 0 Å². The molecule has 17 heavy (non-hydrogen) atoms. The van der Waals surface area contributed by atoms with Crippen LogP contribution in [0.3, 0.4) is 0 Å². The summed E-state index contributed by atoms with van der Waals surface area (Å²) in [6.07, 6.45) is 0. The van der Waals surface area contributed by atoms with Gasteiger partial charge in [-0.1, -0.05) is 24.3 Å². The lowest BCUT2D eigenvalue weighted by molar-refractivity contribution is 0.108. The molecule has 0 fully saturated rings. The van der Waals surface area contributed by atoms with Gasteiger partial charge in [-0.15, -0.1) is 0 Å². The second-order valence-electron chi connectivity index (χ2n) is 3.45. The summed E-state index contributed by atoms with van der Waals surface area (Å²) in [4.78, 5) is 10.8. The van der Waals surface area contributed by atoms with Crippen molar-refractivity contribution in [2.45, 2.75) is 0 Å². The SMILES string of the molecule is O=C(Cl)c1ccc(-c2ccccc2F)c(F)c1. The van der Waals surface area contributed by atoms with Gasteiger partial charge in [-0.05, 0) is 29.8 Å². The van der Waals surface area contributed by atoms with Crippen molar-refractivity contribution in [3.05, 3.63) is 59.7 Å². The summed E-state index contributed by atoms with van der Waals surface area (Å²) in [5.74, 6) is -1.20. The summed E-state index contributed by atoms with van der Waals surface area (Å²) in [7, 11) is 0. The lowest BCUT2D eigenvalue weighted by atomic mass is 10.0. The van der Waals surface area contributed by atoms with Crippen LogP contribution >= 0.6 is 11.6 Å². The van der Waals surface area contributed by atoms with Crippen LogP contribution in [0.25, 0.3) is 11.1 Å². The molecule has 0 aliphatic carbocycles. The molecule has 0 saturated heterocycles. The average Bonchev–Trinajstić information content (AvgIpc) is 2.30. The molecule has 2 aromatic carbocycles. The molecule has 0 N–H and O–H groups in total. The Morgan fingerprint density at radius 3 is 2.18 bits per heavy atom. The second kappa shape index (κ2) is 4.63. The van der Waals surface area contributed by atoms with Crippen LogP contribution < -0.4 is 0 Å². The molecule has 0 aromatic heterocycles. The molecule has 2 rings (SSSR count). The fraction of sp³-hybridized carbons (Fsp3) is 0. The maximum absolute atomic E-state index is 13.7. The minimum atomic E-state index is -0.746. The quantitative estimate of drug-likeness (QED) is 0.738. The molecular formula is C13H7ClF2O. The molecule has 86 valence electrons. The van der Waals surface area contributed by atoms with E-state index < -0.39 is 16.9 Å². The molecule has 0 amide bonds. The van der Waals surface area contributed by atoms with Crippen LogP contribution in [0.5, 0.6) is 0 Å². The van der Waals surface area contributed by atoms with E-state index in [1.54, 1.807) is 6.07 Å². The highest BCUT2D eigenvalue weighted by molar-refractivity contribution is 6.67. The number of halogens is 3. The van der Waals surface area contributed by atoms with E-state index in [-0.39, 0.29) is 16.7 Å². The van der Waals surface area contributed by atoms with Crippen LogP contribution in [0.2, 0.25) is 0 Å². The van der Waals surface area contributed by atoms with Crippen LogP contribution in [0.15, 0.2) is 42.5 Å². The molecule has 4 heteroatoms. The number of carbonyl (C=O) groups excluding carboxylic acids is 1. The Kier molecular flexibility index (Phi) is 3.20. The third kappa shape index (κ3) is 2.34. The zero-order valence-electron chi connectivity index (χ0n) is 8.58. The molecule has 0 radical (unpaired) electrons. The Morgan fingerprint density at radius 1 is 0.941 bits per heavy atom. The monoisotopic (exact) mass is 252 g/mol. The fourth-order valence-corrected chi connectivity index (χ4v) is 1.65. The van der Waals surface area contributed by atoms with E-state index in [4.69, 9.17) is 11.6 Å². The van der Waals surface area contributed by atoms with E-state index in [9.17, 15) is 13.6 Å². The van der Waals surface area contributed by atoms with Crippen molar-refractivity contribution in [3.63, 3.8) is 0 Å². The van der Waals surface area contributed by atoms with Gasteiger partial charge in [0.15, 0.2) is 0 Å². The molecule has 0 spiro atoms. The first-order valence-electron chi connectivity index (χ1n) is 4.84. The van der Waals surface area contributed by atoms with E-state index in [2.05, 4.69) is 0 Å². The molecule has 1 nitrogen and oxygen atoms in total. The van der Waals surface area contributed by atoms with Crippen molar-refractivity contribution < 1.29 is 13.6 Å². The van der Waals surface area contributed by atoms with Gasteiger partial charge in [0.1, 0.15) is 11.6 Å². The van der Waals surface area contributed by atoms with Crippen LogP contribution in [-0.4, -0.2) is 5.24 Å². The Balaban J connectivity index is 2.55. The van der Waals surface area contributed by atoms with Gasteiger partial charge in [0.25, 0.3) is 5.24 Å². The Labute approximate surface area is 102 Å². The molecule has 0 saturated carbocycles. The van der Waals surface area contributed by atoms with E-state index in [1.165, 1.54) is 30.3 Å². The van der Waals surface area contributed by atoms with Gasteiger partial charge >= 0.3 is 0 Å². The molecule has 0 aliphatic heterocycles. The van der Waals surface area contributed by atoms with E-state index >= 15 is 0 Å². The molecule has 0 atom stereocenters. The normalized spacial score (nSPS) is 10.3. The summed E-state index contributed by atoms with van der Waals surface area (Å²) in [5.41, 5.74) is 0.299. The van der Waals surface area contributed by atoms with Crippen LogP contribution in [0.4, 0.5) is 8.78 Å². The fourth-order valence-electron chi connectivity index (χ4n) is 1.54. The standard InChI is InChI=1S/C13H7ClF2O/c14-13(17)8-5-6-10(12(16)7-8)9-3-1-2-4-11(9)15/h1-7H. The van der Waals surface area contributed by atoms with Crippen LogP contribution in [0.1, 0.15) is 10.4 Å². The minimum Gasteiger partial charge on any atom is -0.276 e. The Bertz CT molecular complexity index is 581. The summed E-state index contributed by atoms with van der Waals surface area (Å²) in [6, 6.07) is 9.54.